The van der Waals surface area contributed by atoms with Gasteiger partial charge in [-0.25, -0.2) is 15.3 Å². The van der Waals surface area contributed by atoms with Crippen LogP contribution in [0, 0.1) is 0 Å². The summed E-state index contributed by atoms with van der Waals surface area (Å²) >= 11 is 0. The molecule has 0 aliphatic carbocycles. The van der Waals surface area contributed by atoms with Crippen LogP contribution in [-0.4, -0.2) is 64.9 Å². The lowest BCUT2D eigenvalue weighted by atomic mass is 10.00. The Morgan fingerprint density at radius 2 is 1.68 bits per heavy atom. The number of hydrogen-bond donors (Lipinski definition) is 4. The third-order valence-electron chi connectivity index (χ3n) is 5.70. The van der Waals surface area contributed by atoms with Crippen molar-refractivity contribution in [1.82, 2.24) is 15.4 Å². The molecule has 4 N–H and O–H groups in total. The Balaban J connectivity index is 1.62. The fourth-order valence-electron chi connectivity index (χ4n) is 3.86. The molecule has 9 heteroatoms. The third-order valence-corrected chi connectivity index (χ3v) is 5.70. The van der Waals surface area contributed by atoms with Crippen molar-refractivity contribution in [2.24, 2.45) is 4.99 Å². The SMILES string of the molecule is CN(C)CCCONC(=O)c1ccc(N=C(c2ccccc2)c2c(O)[nH]c3cc(C(=O)O)ccc23)cc1. The van der Waals surface area contributed by atoms with E-state index in [1.165, 1.54) is 12.1 Å². The number of amides is 1. The van der Waals surface area contributed by atoms with E-state index in [9.17, 15) is 19.8 Å². The molecule has 1 amide bonds. The molecule has 0 saturated carbocycles. The van der Waals surface area contributed by atoms with Crippen molar-refractivity contribution >= 4 is 34.2 Å². The Labute approximate surface area is 214 Å². The van der Waals surface area contributed by atoms with Crippen LogP contribution in [0.3, 0.4) is 0 Å². The van der Waals surface area contributed by atoms with Crippen LogP contribution in [0.25, 0.3) is 10.9 Å². The maximum absolute atomic E-state index is 12.4. The summed E-state index contributed by atoms with van der Waals surface area (Å²) in [7, 11) is 3.95. The summed E-state index contributed by atoms with van der Waals surface area (Å²) in [5.74, 6) is -1.53. The highest BCUT2D eigenvalue weighted by Gasteiger charge is 2.19. The predicted molar refractivity (Wildman–Crippen MR) is 142 cm³/mol. The number of aromatic carboxylic acids is 1. The average molecular weight is 501 g/mol. The number of aliphatic imine (C=N–C) groups is 1. The van der Waals surface area contributed by atoms with Crippen molar-refractivity contribution < 1.29 is 24.6 Å². The van der Waals surface area contributed by atoms with Gasteiger partial charge in [-0.05, 0) is 63.5 Å². The predicted octanol–water partition coefficient (Wildman–Crippen LogP) is 4.35. The highest BCUT2D eigenvalue weighted by molar-refractivity contribution is 6.22. The maximum Gasteiger partial charge on any atom is 0.335 e. The van der Waals surface area contributed by atoms with Crippen molar-refractivity contribution in [3.8, 4) is 5.88 Å². The molecule has 0 atom stereocenters. The molecule has 4 rings (SSSR count). The zero-order chi connectivity index (χ0) is 26.4. The van der Waals surface area contributed by atoms with Crippen LogP contribution in [0.1, 0.15) is 38.3 Å². The number of aromatic hydroxyl groups is 1. The number of hydroxylamine groups is 1. The molecule has 1 heterocycles. The molecule has 0 radical (unpaired) electrons. The molecule has 3 aromatic carbocycles. The Kier molecular flexibility index (Phi) is 7.97. The first-order valence-electron chi connectivity index (χ1n) is 11.7. The van der Waals surface area contributed by atoms with Crippen molar-refractivity contribution in [1.29, 1.82) is 0 Å². The molecule has 0 spiro atoms. The summed E-state index contributed by atoms with van der Waals surface area (Å²) in [4.78, 5) is 38.7. The van der Waals surface area contributed by atoms with Crippen LogP contribution in [0.15, 0.2) is 77.8 Å². The van der Waals surface area contributed by atoms with Crippen LogP contribution in [0.2, 0.25) is 0 Å². The van der Waals surface area contributed by atoms with Crippen molar-refractivity contribution in [2.75, 3.05) is 27.2 Å². The largest absolute Gasteiger partial charge is 0.494 e. The number of fused-ring (bicyclic) bond motifs is 1. The van der Waals surface area contributed by atoms with Gasteiger partial charge in [0, 0.05) is 22.0 Å². The minimum absolute atomic E-state index is 0.106. The molecule has 0 fully saturated rings. The summed E-state index contributed by atoms with van der Waals surface area (Å²) < 4.78 is 0. The number of carboxylic acid groups (broad SMARTS) is 1. The van der Waals surface area contributed by atoms with Gasteiger partial charge in [0.1, 0.15) is 0 Å². The second-order valence-electron chi connectivity index (χ2n) is 8.72. The topological polar surface area (TPSA) is 127 Å². The second kappa shape index (κ2) is 11.5. The van der Waals surface area contributed by atoms with Gasteiger partial charge in [0.2, 0.25) is 0 Å². The zero-order valence-electron chi connectivity index (χ0n) is 20.6. The summed E-state index contributed by atoms with van der Waals surface area (Å²) in [6, 6.07) is 20.7. The number of H-pyrrole nitrogens is 1. The summed E-state index contributed by atoms with van der Waals surface area (Å²) in [6.07, 6.45) is 0.793. The van der Waals surface area contributed by atoms with Gasteiger partial charge < -0.3 is 20.1 Å². The number of carboxylic acids is 1. The van der Waals surface area contributed by atoms with Gasteiger partial charge in [-0.15, -0.1) is 0 Å². The Bertz CT molecular complexity index is 1430. The fraction of sp³-hybridized carbons (Fsp3) is 0.179. The minimum Gasteiger partial charge on any atom is -0.494 e. The zero-order valence-corrected chi connectivity index (χ0v) is 20.6. The maximum atomic E-state index is 12.4. The van der Waals surface area contributed by atoms with E-state index in [1.54, 1.807) is 30.3 Å². The molecular weight excluding hydrogens is 472 g/mol. The lowest BCUT2D eigenvalue weighted by Gasteiger charge is -2.10. The van der Waals surface area contributed by atoms with Gasteiger partial charge in [0.15, 0.2) is 5.88 Å². The molecule has 190 valence electrons. The third kappa shape index (κ3) is 6.21. The summed E-state index contributed by atoms with van der Waals surface area (Å²) in [5.41, 5.74) is 5.73. The van der Waals surface area contributed by atoms with E-state index in [2.05, 4.69) is 10.5 Å². The number of carbonyl (C=O) groups is 2. The van der Waals surface area contributed by atoms with Crippen LogP contribution < -0.4 is 5.48 Å². The lowest BCUT2D eigenvalue weighted by molar-refractivity contribution is 0.0288. The molecule has 37 heavy (non-hydrogen) atoms. The second-order valence-corrected chi connectivity index (χ2v) is 8.72. The quantitative estimate of drug-likeness (QED) is 0.146. The number of nitrogens with one attached hydrogen (secondary N) is 2. The molecule has 0 bridgehead atoms. The fourth-order valence-corrected chi connectivity index (χ4v) is 3.86. The van der Waals surface area contributed by atoms with E-state index in [0.717, 1.165) is 18.5 Å². The monoisotopic (exact) mass is 500 g/mol. The molecule has 0 unspecified atom stereocenters. The number of hydrogen-bond acceptors (Lipinski definition) is 6. The average Bonchev–Trinajstić information content (AvgIpc) is 3.22. The van der Waals surface area contributed by atoms with E-state index in [4.69, 9.17) is 9.83 Å². The van der Waals surface area contributed by atoms with Gasteiger partial charge in [-0.2, -0.15) is 0 Å². The van der Waals surface area contributed by atoms with E-state index >= 15 is 0 Å². The Morgan fingerprint density at radius 3 is 2.35 bits per heavy atom. The summed E-state index contributed by atoms with van der Waals surface area (Å²) in [6.45, 7) is 1.27. The highest BCUT2D eigenvalue weighted by atomic mass is 16.6. The molecule has 0 saturated heterocycles. The first kappa shape index (κ1) is 25.6. The Morgan fingerprint density at radius 1 is 0.973 bits per heavy atom. The van der Waals surface area contributed by atoms with Crippen molar-refractivity contribution in [2.45, 2.75) is 6.42 Å². The Hall–Kier alpha value is -4.47. The van der Waals surface area contributed by atoms with Gasteiger partial charge >= 0.3 is 5.97 Å². The van der Waals surface area contributed by atoms with E-state index in [0.29, 0.717) is 40.0 Å². The van der Waals surface area contributed by atoms with Crippen LogP contribution >= 0.6 is 0 Å². The van der Waals surface area contributed by atoms with Crippen LogP contribution in [0.4, 0.5) is 5.69 Å². The smallest absolute Gasteiger partial charge is 0.335 e. The first-order valence-corrected chi connectivity index (χ1v) is 11.7. The lowest BCUT2D eigenvalue weighted by Crippen LogP contribution is -2.25. The van der Waals surface area contributed by atoms with Crippen LogP contribution in [-0.2, 0) is 4.84 Å². The van der Waals surface area contributed by atoms with E-state index in [-0.39, 0.29) is 17.4 Å². The van der Waals surface area contributed by atoms with Crippen molar-refractivity contribution in [3.63, 3.8) is 0 Å². The minimum atomic E-state index is -1.06. The number of aromatic amines is 1. The van der Waals surface area contributed by atoms with Gasteiger partial charge in [-0.1, -0.05) is 36.4 Å². The molecule has 0 aliphatic rings. The molecule has 9 nitrogen and oxygen atoms in total. The van der Waals surface area contributed by atoms with Crippen molar-refractivity contribution in [3.05, 3.63) is 95.1 Å². The van der Waals surface area contributed by atoms with Gasteiger partial charge in [0.05, 0.1) is 29.1 Å². The number of rotatable bonds is 10. The molecule has 1 aromatic heterocycles. The number of benzene rings is 3. The molecule has 4 aromatic rings. The van der Waals surface area contributed by atoms with Gasteiger partial charge in [0.25, 0.3) is 5.91 Å². The number of aromatic nitrogens is 1. The normalized spacial score (nSPS) is 11.7. The van der Waals surface area contributed by atoms with E-state index < -0.39 is 5.97 Å². The van der Waals surface area contributed by atoms with Crippen LogP contribution in [0.5, 0.6) is 5.88 Å². The van der Waals surface area contributed by atoms with E-state index in [1.807, 2.05) is 49.3 Å². The standard InChI is InChI=1S/C28H28N4O5/c1-32(2)15-6-16-37-31-26(33)19-9-12-21(13-10-19)29-25(18-7-4-3-5-8-18)24-22-14-11-20(28(35)36)17-23(22)30-27(24)34/h3-5,7-14,17,30,34H,6,15-16H2,1-2H3,(H,31,33)(H,35,36). The highest BCUT2D eigenvalue weighted by Crippen LogP contribution is 2.32. The number of carbonyl (C=O) groups excluding carboxylic acids is 1. The number of nitrogens with zero attached hydrogens (tertiary/aromatic N) is 2. The molecular formula is C28H28N4O5. The summed E-state index contributed by atoms with van der Waals surface area (Å²) in [5, 5.41) is 20.7. The van der Waals surface area contributed by atoms with Gasteiger partial charge in [-0.3, -0.25) is 9.63 Å². The molecule has 0 aliphatic heterocycles. The first-order chi connectivity index (χ1) is 17.8.